The summed E-state index contributed by atoms with van der Waals surface area (Å²) in [5.41, 5.74) is 0. The van der Waals surface area contributed by atoms with Crippen LogP contribution in [0.5, 0.6) is 0 Å². The van der Waals surface area contributed by atoms with Crippen molar-refractivity contribution in [3.05, 3.63) is 11.1 Å². The summed E-state index contributed by atoms with van der Waals surface area (Å²) >= 11 is 5.40. The van der Waals surface area contributed by atoms with Crippen molar-refractivity contribution in [2.24, 2.45) is 10.9 Å². The molecule has 3 heteroatoms. The Morgan fingerprint density at radius 2 is 2.43 bits per heavy atom. The smallest absolute Gasteiger partial charge is 0.0648 e. The van der Waals surface area contributed by atoms with Crippen molar-refractivity contribution in [3.8, 4) is 0 Å². The van der Waals surface area contributed by atoms with Gasteiger partial charge in [-0.15, -0.1) is 0 Å². The predicted molar refractivity (Wildman–Crippen MR) is 32.3 cm³/mol. The lowest BCUT2D eigenvalue weighted by Crippen LogP contribution is -1.80. The molecule has 2 nitrogen and oxygen atoms in total. The van der Waals surface area contributed by atoms with Crippen LogP contribution in [-0.4, -0.2) is 6.21 Å². The van der Waals surface area contributed by atoms with E-state index in [4.69, 9.17) is 17.4 Å². The molecule has 0 aromatic rings. The van der Waals surface area contributed by atoms with Crippen LogP contribution in [0.25, 0.3) is 0 Å². The van der Waals surface area contributed by atoms with Crippen molar-refractivity contribution in [1.29, 1.82) is 0 Å². The van der Waals surface area contributed by atoms with Crippen LogP contribution in [-0.2, 0) is 0 Å². The molecular weight excluding hydrogens is 112 g/mol. The summed E-state index contributed by atoms with van der Waals surface area (Å²) in [7, 11) is 0. The molecule has 0 aromatic carbocycles. The molecule has 0 rings (SSSR count). The molecule has 0 aliphatic heterocycles. The Bertz CT molecular complexity index is 95.9. The van der Waals surface area contributed by atoms with Crippen LogP contribution in [0, 0.1) is 0 Å². The van der Waals surface area contributed by atoms with Gasteiger partial charge in [-0.05, 0) is 6.92 Å². The highest BCUT2D eigenvalue weighted by molar-refractivity contribution is 6.39. The largest absolute Gasteiger partial charge is 0.323 e. The number of halogens is 1. The fraction of sp³-hybridized carbons (Fsp3) is 0.250. The van der Waals surface area contributed by atoms with Crippen LogP contribution in [0.15, 0.2) is 16.2 Å². The van der Waals surface area contributed by atoms with Gasteiger partial charge in [0.25, 0.3) is 0 Å². The number of nitrogens with zero attached hydrogens (tertiary/aromatic N) is 1. The SMILES string of the molecule is C/C=C(Cl)\C=N/N. The lowest BCUT2D eigenvalue weighted by atomic mass is 10.6. The standard InChI is InChI=1S/C4H7ClN2/c1-2-4(5)3-7-6/h2-3H,6H2,1H3/b4-2+,7-3-. The third-order valence-corrected chi connectivity index (χ3v) is 0.789. The first-order valence-corrected chi connectivity index (χ1v) is 2.24. The van der Waals surface area contributed by atoms with Crippen molar-refractivity contribution < 1.29 is 0 Å². The second-order valence-corrected chi connectivity index (χ2v) is 1.39. The summed E-state index contributed by atoms with van der Waals surface area (Å²) in [6.45, 7) is 1.81. The van der Waals surface area contributed by atoms with E-state index >= 15 is 0 Å². The third-order valence-electron chi connectivity index (χ3n) is 0.474. The molecular formula is C4H7ClN2. The Balaban J connectivity index is 3.58. The van der Waals surface area contributed by atoms with Crippen LogP contribution < -0.4 is 5.84 Å². The van der Waals surface area contributed by atoms with Gasteiger partial charge in [0.2, 0.25) is 0 Å². The topological polar surface area (TPSA) is 38.4 Å². The van der Waals surface area contributed by atoms with E-state index in [1.807, 2.05) is 6.92 Å². The Kier molecular flexibility index (Phi) is 3.42. The minimum Gasteiger partial charge on any atom is -0.323 e. The maximum atomic E-state index is 5.40. The van der Waals surface area contributed by atoms with Gasteiger partial charge in [0, 0.05) is 0 Å². The fourth-order valence-electron chi connectivity index (χ4n) is 0.146. The summed E-state index contributed by atoms with van der Waals surface area (Å²) in [4.78, 5) is 0. The van der Waals surface area contributed by atoms with E-state index in [9.17, 15) is 0 Å². The van der Waals surface area contributed by atoms with Gasteiger partial charge in [0.05, 0.1) is 11.2 Å². The predicted octanol–water partition coefficient (Wildman–Crippen LogP) is 1.07. The number of hydrogen-bond acceptors (Lipinski definition) is 2. The lowest BCUT2D eigenvalue weighted by Gasteiger charge is -1.77. The highest BCUT2D eigenvalue weighted by Gasteiger charge is 1.75. The summed E-state index contributed by atoms with van der Waals surface area (Å²) < 4.78 is 0. The van der Waals surface area contributed by atoms with Crippen LogP contribution in [0.2, 0.25) is 0 Å². The summed E-state index contributed by atoms with van der Waals surface area (Å²) in [6.07, 6.45) is 3.08. The van der Waals surface area contributed by atoms with E-state index < -0.39 is 0 Å². The molecule has 2 N–H and O–H groups in total. The van der Waals surface area contributed by atoms with Crippen LogP contribution in [0.4, 0.5) is 0 Å². The van der Waals surface area contributed by atoms with Gasteiger partial charge < -0.3 is 5.84 Å². The average Bonchev–Trinajstić information content (AvgIpc) is 1.68. The van der Waals surface area contributed by atoms with Gasteiger partial charge in [-0.1, -0.05) is 17.7 Å². The molecule has 0 bridgehead atoms. The van der Waals surface area contributed by atoms with Crippen molar-refractivity contribution in [3.63, 3.8) is 0 Å². The van der Waals surface area contributed by atoms with E-state index in [0.29, 0.717) is 5.03 Å². The Morgan fingerprint density at radius 3 is 2.57 bits per heavy atom. The molecule has 0 aromatic heterocycles. The molecule has 0 saturated carbocycles. The molecule has 0 atom stereocenters. The summed E-state index contributed by atoms with van der Waals surface area (Å²) in [5.74, 6) is 4.75. The summed E-state index contributed by atoms with van der Waals surface area (Å²) in [6, 6.07) is 0. The van der Waals surface area contributed by atoms with Crippen molar-refractivity contribution in [2.75, 3.05) is 0 Å². The zero-order valence-corrected chi connectivity index (χ0v) is 4.81. The second kappa shape index (κ2) is 3.68. The molecule has 40 valence electrons. The molecule has 0 spiro atoms. The van der Waals surface area contributed by atoms with Crippen molar-refractivity contribution in [1.82, 2.24) is 0 Å². The van der Waals surface area contributed by atoms with Gasteiger partial charge in [-0.2, -0.15) is 5.10 Å². The number of rotatable bonds is 1. The van der Waals surface area contributed by atoms with E-state index in [1.54, 1.807) is 6.08 Å². The number of hydrazone groups is 1. The molecule has 0 saturated heterocycles. The normalized spacial score (nSPS) is 13.1. The van der Waals surface area contributed by atoms with Crippen molar-refractivity contribution >= 4 is 17.8 Å². The van der Waals surface area contributed by atoms with Crippen LogP contribution in [0.3, 0.4) is 0 Å². The third kappa shape index (κ3) is 3.33. The monoisotopic (exact) mass is 118 g/mol. The van der Waals surface area contributed by atoms with E-state index in [2.05, 4.69) is 5.10 Å². The fourth-order valence-corrected chi connectivity index (χ4v) is 0.202. The van der Waals surface area contributed by atoms with Crippen LogP contribution in [0.1, 0.15) is 6.92 Å². The first kappa shape index (κ1) is 6.50. The molecule has 0 aliphatic rings. The van der Waals surface area contributed by atoms with E-state index in [0.717, 1.165) is 0 Å². The zero-order valence-electron chi connectivity index (χ0n) is 4.06. The zero-order chi connectivity index (χ0) is 5.70. The van der Waals surface area contributed by atoms with Crippen molar-refractivity contribution in [2.45, 2.75) is 6.92 Å². The lowest BCUT2D eigenvalue weighted by molar-refractivity contribution is 1.27. The number of allylic oxidation sites excluding steroid dienone is 2. The van der Waals surface area contributed by atoms with E-state index in [1.165, 1.54) is 6.21 Å². The number of hydrogen-bond donors (Lipinski definition) is 1. The van der Waals surface area contributed by atoms with Gasteiger partial charge in [-0.3, -0.25) is 0 Å². The quantitative estimate of drug-likeness (QED) is 0.312. The van der Waals surface area contributed by atoms with Gasteiger partial charge in [-0.25, -0.2) is 0 Å². The van der Waals surface area contributed by atoms with Gasteiger partial charge >= 0.3 is 0 Å². The highest BCUT2D eigenvalue weighted by Crippen LogP contribution is 1.93. The van der Waals surface area contributed by atoms with E-state index in [-0.39, 0.29) is 0 Å². The molecule has 0 heterocycles. The minimum atomic E-state index is 0.558. The molecule has 0 fully saturated rings. The first-order chi connectivity index (χ1) is 3.31. The first-order valence-electron chi connectivity index (χ1n) is 1.86. The van der Waals surface area contributed by atoms with Gasteiger partial charge in [0.15, 0.2) is 0 Å². The Morgan fingerprint density at radius 1 is 1.86 bits per heavy atom. The second-order valence-electron chi connectivity index (χ2n) is 0.952. The molecule has 7 heavy (non-hydrogen) atoms. The maximum Gasteiger partial charge on any atom is 0.0648 e. The Labute approximate surface area is 47.7 Å². The number of nitrogens with two attached hydrogens (primary N) is 1. The van der Waals surface area contributed by atoms with Crippen LogP contribution >= 0.6 is 11.6 Å². The maximum absolute atomic E-state index is 5.40. The average molecular weight is 119 g/mol. The molecule has 0 radical (unpaired) electrons. The Hall–Kier alpha value is -0.500. The highest BCUT2D eigenvalue weighted by atomic mass is 35.5. The van der Waals surface area contributed by atoms with Gasteiger partial charge in [0.1, 0.15) is 0 Å². The minimum absolute atomic E-state index is 0.558. The summed E-state index contributed by atoms with van der Waals surface area (Å²) in [5, 5.41) is 3.74. The molecule has 0 amide bonds. The molecule has 0 aliphatic carbocycles. The molecule has 0 unspecified atom stereocenters.